The van der Waals surface area contributed by atoms with E-state index < -0.39 is 0 Å². The average molecular weight is 305 g/mol. The van der Waals surface area contributed by atoms with Crippen LogP contribution in [-0.4, -0.2) is 42.9 Å². The Hall–Kier alpha value is -1.92. The summed E-state index contributed by atoms with van der Waals surface area (Å²) < 4.78 is 11.3. The van der Waals surface area contributed by atoms with E-state index in [1.165, 1.54) is 5.57 Å². The first-order valence-corrected chi connectivity index (χ1v) is 7.42. The van der Waals surface area contributed by atoms with Gasteiger partial charge in [0.15, 0.2) is 0 Å². The van der Waals surface area contributed by atoms with Crippen molar-refractivity contribution in [1.82, 2.24) is 10.3 Å². The van der Waals surface area contributed by atoms with Gasteiger partial charge in [-0.2, -0.15) is 0 Å². The van der Waals surface area contributed by atoms with E-state index in [0.717, 1.165) is 6.42 Å². The van der Waals surface area contributed by atoms with Crippen LogP contribution in [0.1, 0.15) is 30.8 Å². The Morgan fingerprint density at radius 1 is 1.55 bits per heavy atom. The van der Waals surface area contributed by atoms with Crippen molar-refractivity contribution in [2.75, 3.05) is 25.6 Å². The van der Waals surface area contributed by atoms with Gasteiger partial charge >= 0.3 is 0 Å². The highest BCUT2D eigenvalue weighted by Crippen LogP contribution is 2.13. The molecule has 2 rings (SSSR count). The monoisotopic (exact) mass is 305 g/mol. The van der Waals surface area contributed by atoms with E-state index in [4.69, 9.17) is 15.2 Å². The summed E-state index contributed by atoms with van der Waals surface area (Å²) in [7, 11) is 0. The molecule has 0 radical (unpaired) electrons. The molecular weight excluding hydrogens is 282 g/mol. The Balaban J connectivity index is 1.96. The van der Waals surface area contributed by atoms with E-state index in [2.05, 4.69) is 10.3 Å². The van der Waals surface area contributed by atoms with Gasteiger partial charge in [0.25, 0.3) is 5.91 Å². The summed E-state index contributed by atoms with van der Waals surface area (Å²) in [5, 5.41) is 2.92. The molecule has 120 valence electrons. The summed E-state index contributed by atoms with van der Waals surface area (Å²) in [6.45, 7) is 5.67. The van der Waals surface area contributed by atoms with E-state index in [0.29, 0.717) is 31.3 Å². The second kappa shape index (κ2) is 7.91. The molecule has 0 saturated carbocycles. The lowest BCUT2D eigenvalue weighted by Gasteiger charge is -2.31. The number of ether oxygens (including phenoxy) is 2. The van der Waals surface area contributed by atoms with Crippen LogP contribution in [0.3, 0.4) is 0 Å². The molecule has 2 atom stereocenters. The lowest BCUT2D eigenvalue weighted by Crippen LogP contribution is -2.50. The molecule has 1 aromatic heterocycles. The number of nitrogens with zero attached hydrogens (tertiary/aromatic N) is 1. The first kappa shape index (κ1) is 16.5. The normalized spacial score (nSPS) is 21.2. The molecular formula is C16H23N3O3. The third kappa shape index (κ3) is 4.82. The molecule has 22 heavy (non-hydrogen) atoms. The standard InChI is InChI=1S/C16H23N3O3/c1-11(2)6-9-22-14-7-8-21-10-13(14)19-16(20)12-4-3-5-15(17)18-12/h3-6,13-14H,7-10H2,1-2H3,(H2,17,18)(H,19,20)/t13-,14+/m1/s1. The Kier molecular flexibility index (Phi) is 5.91. The molecule has 1 fully saturated rings. The molecule has 0 spiro atoms. The Labute approximate surface area is 130 Å². The highest BCUT2D eigenvalue weighted by molar-refractivity contribution is 5.92. The minimum Gasteiger partial charge on any atom is -0.384 e. The molecule has 1 aliphatic heterocycles. The maximum absolute atomic E-state index is 12.2. The number of amides is 1. The topological polar surface area (TPSA) is 86.5 Å². The van der Waals surface area contributed by atoms with E-state index >= 15 is 0 Å². The Morgan fingerprint density at radius 3 is 3.09 bits per heavy atom. The number of anilines is 1. The van der Waals surface area contributed by atoms with Gasteiger partial charge in [0, 0.05) is 6.61 Å². The molecule has 1 aliphatic rings. The van der Waals surface area contributed by atoms with Gasteiger partial charge in [-0.15, -0.1) is 0 Å². The van der Waals surface area contributed by atoms with Gasteiger partial charge in [0.1, 0.15) is 11.5 Å². The van der Waals surface area contributed by atoms with Crippen molar-refractivity contribution in [1.29, 1.82) is 0 Å². The third-order valence-electron chi connectivity index (χ3n) is 3.41. The van der Waals surface area contributed by atoms with Gasteiger partial charge < -0.3 is 20.5 Å². The van der Waals surface area contributed by atoms with Crippen LogP contribution in [0.2, 0.25) is 0 Å². The fourth-order valence-corrected chi connectivity index (χ4v) is 2.21. The summed E-state index contributed by atoms with van der Waals surface area (Å²) in [5.41, 5.74) is 7.11. The minimum absolute atomic E-state index is 0.0608. The number of hydrogen-bond acceptors (Lipinski definition) is 5. The quantitative estimate of drug-likeness (QED) is 0.806. The number of carbonyl (C=O) groups excluding carboxylic acids is 1. The van der Waals surface area contributed by atoms with Crippen molar-refractivity contribution in [2.45, 2.75) is 32.4 Å². The van der Waals surface area contributed by atoms with E-state index in [9.17, 15) is 4.79 Å². The van der Waals surface area contributed by atoms with Crippen molar-refractivity contribution in [3.05, 3.63) is 35.5 Å². The van der Waals surface area contributed by atoms with Gasteiger partial charge in [0.05, 0.1) is 25.4 Å². The SMILES string of the molecule is CC(C)=CCO[C@H]1CCOC[C@H]1NC(=O)c1cccc(N)n1. The maximum atomic E-state index is 12.2. The number of aromatic nitrogens is 1. The van der Waals surface area contributed by atoms with Crippen LogP contribution in [0.15, 0.2) is 29.8 Å². The summed E-state index contributed by atoms with van der Waals surface area (Å²) >= 11 is 0. The van der Waals surface area contributed by atoms with Gasteiger partial charge in [-0.25, -0.2) is 4.98 Å². The van der Waals surface area contributed by atoms with Crippen LogP contribution in [0.25, 0.3) is 0 Å². The molecule has 1 amide bonds. The Morgan fingerprint density at radius 2 is 2.36 bits per heavy atom. The summed E-state index contributed by atoms with van der Waals surface area (Å²) in [5.74, 6) is 0.0579. The molecule has 0 unspecified atom stereocenters. The second-order valence-corrected chi connectivity index (χ2v) is 5.54. The molecule has 1 aromatic rings. The highest BCUT2D eigenvalue weighted by atomic mass is 16.5. The molecule has 0 aliphatic carbocycles. The van der Waals surface area contributed by atoms with Gasteiger partial charge in [-0.3, -0.25) is 4.79 Å². The zero-order valence-corrected chi connectivity index (χ0v) is 13.0. The fourth-order valence-electron chi connectivity index (χ4n) is 2.21. The number of allylic oxidation sites excluding steroid dienone is 1. The molecule has 3 N–H and O–H groups in total. The number of nitrogens with two attached hydrogens (primary N) is 1. The molecule has 6 nitrogen and oxygen atoms in total. The first-order valence-electron chi connectivity index (χ1n) is 7.42. The smallest absolute Gasteiger partial charge is 0.270 e. The van der Waals surface area contributed by atoms with Crippen LogP contribution >= 0.6 is 0 Å². The van der Waals surface area contributed by atoms with Crippen molar-refractivity contribution >= 4 is 11.7 Å². The molecule has 6 heteroatoms. The number of hydrogen-bond donors (Lipinski definition) is 2. The molecule has 0 bridgehead atoms. The van der Waals surface area contributed by atoms with E-state index in [1.54, 1.807) is 18.2 Å². The fraction of sp³-hybridized carbons (Fsp3) is 0.500. The van der Waals surface area contributed by atoms with Crippen LogP contribution in [-0.2, 0) is 9.47 Å². The maximum Gasteiger partial charge on any atom is 0.270 e. The first-order chi connectivity index (χ1) is 10.6. The number of rotatable bonds is 5. The summed E-state index contributed by atoms with van der Waals surface area (Å²) in [6.07, 6.45) is 2.72. The Bertz CT molecular complexity index is 541. The van der Waals surface area contributed by atoms with Crippen molar-refractivity contribution in [3.63, 3.8) is 0 Å². The number of pyridine rings is 1. The summed E-state index contributed by atoms with van der Waals surface area (Å²) in [4.78, 5) is 16.3. The summed E-state index contributed by atoms with van der Waals surface area (Å²) in [6, 6.07) is 4.80. The largest absolute Gasteiger partial charge is 0.384 e. The van der Waals surface area contributed by atoms with Crippen LogP contribution in [0, 0.1) is 0 Å². The lowest BCUT2D eigenvalue weighted by atomic mass is 10.1. The van der Waals surface area contributed by atoms with Gasteiger partial charge in [-0.1, -0.05) is 17.7 Å². The predicted octanol–water partition coefficient (Wildman–Crippen LogP) is 1.53. The average Bonchev–Trinajstić information content (AvgIpc) is 2.48. The van der Waals surface area contributed by atoms with E-state index in [1.807, 2.05) is 19.9 Å². The lowest BCUT2D eigenvalue weighted by molar-refractivity contribution is -0.0457. The molecule has 1 saturated heterocycles. The number of nitrogens with one attached hydrogen (secondary N) is 1. The van der Waals surface area contributed by atoms with Crippen LogP contribution in [0.5, 0.6) is 0 Å². The molecule has 2 heterocycles. The van der Waals surface area contributed by atoms with E-state index in [-0.39, 0.29) is 18.1 Å². The second-order valence-electron chi connectivity index (χ2n) is 5.54. The minimum atomic E-state index is -0.265. The zero-order valence-electron chi connectivity index (χ0n) is 13.0. The van der Waals surface area contributed by atoms with Crippen LogP contribution < -0.4 is 11.1 Å². The molecule has 0 aromatic carbocycles. The number of carbonyl (C=O) groups is 1. The van der Waals surface area contributed by atoms with Crippen molar-refractivity contribution < 1.29 is 14.3 Å². The zero-order chi connectivity index (χ0) is 15.9. The van der Waals surface area contributed by atoms with Gasteiger partial charge in [0.2, 0.25) is 0 Å². The van der Waals surface area contributed by atoms with Crippen molar-refractivity contribution in [3.8, 4) is 0 Å². The predicted molar refractivity (Wildman–Crippen MR) is 84.5 cm³/mol. The van der Waals surface area contributed by atoms with Crippen LogP contribution in [0.4, 0.5) is 5.82 Å². The third-order valence-corrected chi connectivity index (χ3v) is 3.41. The number of nitrogen functional groups attached to an aromatic ring is 1. The van der Waals surface area contributed by atoms with Crippen molar-refractivity contribution in [2.24, 2.45) is 0 Å². The van der Waals surface area contributed by atoms with Gasteiger partial charge in [-0.05, 0) is 32.4 Å². The highest BCUT2D eigenvalue weighted by Gasteiger charge is 2.28.